The molecule has 0 saturated carbocycles. The smallest absolute Gasteiger partial charge is 0.261 e. The summed E-state index contributed by atoms with van der Waals surface area (Å²) in [4.78, 5) is 41.6. The van der Waals surface area contributed by atoms with Crippen molar-refractivity contribution in [2.75, 3.05) is 25.1 Å². The van der Waals surface area contributed by atoms with Gasteiger partial charge >= 0.3 is 0 Å². The number of ether oxygens (including phenoxy) is 1. The van der Waals surface area contributed by atoms with Gasteiger partial charge in [0.15, 0.2) is 11.3 Å². The predicted molar refractivity (Wildman–Crippen MR) is 178 cm³/mol. The van der Waals surface area contributed by atoms with Gasteiger partial charge < -0.3 is 15.2 Å². The van der Waals surface area contributed by atoms with E-state index in [1.165, 1.54) is 35.2 Å². The van der Waals surface area contributed by atoms with Crippen LogP contribution in [0.1, 0.15) is 31.7 Å². The number of aromatic nitrogens is 4. The minimum absolute atomic E-state index is 0.0752. The summed E-state index contributed by atoms with van der Waals surface area (Å²) in [6.07, 6.45) is 6.02. The normalized spacial score (nSPS) is 20.2. The van der Waals surface area contributed by atoms with Crippen LogP contribution in [0.3, 0.4) is 0 Å². The molecule has 252 valence electrons. The number of hydrogen-bond donors (Lipinski definition) is 2. The number of fused-ring (bicyclic) bond motifs is 1. The Labute approximate surface area is 287 Å². The van der Waals surface area contributed by atoms with Crippen molar-refractivity contribution < 1.29 is 27.9 Å². The molecule has 1 fully saturated rings. The number of anilines is 2. The lowest BCUT2D eigenvalue weighted by Gasteiger charge is -2.29. The molecule has 13 nitrogen and oxygen atoms in total. The van der Waals surface area contributed by atoms with E-state index in [-0.39, 0.29) is 47.0 Å². The van der Waals surface area contributed by atoms with E-state index in [9.17, 15) is 23.1 Å². The summed E-state index contributed by atoms with van der Waals surface area (Å²) in [5, 5.41) is 12.7. The average Bonchev–Trinajstić information content (AvgIpc) is 3.78. The zero-order chi connectivity index (χ0) is 34.2. The second-order valence-electron chi connectivity index (χ2n) is 11.8. The molecule has 6 rings (SSSR count). The standard InChI is InChI=1S/C32H33Cl2N7O6S/c1-32(15-20-5-7-21(8-6-20)22-16-35-19-36-17-22)30(44)40(25-13-23(33)12-24(34)14-25)31-38-18-27(41(31)32)48(45,46)39-11-3-4-26(39)29(43)37-10-9-28(42)47-2/h5-8,12-14,16-19,26,28,42H,3-4,9-11,15H2,1-2H3,(H,37,43)/t26-,28?,32+/m0/s1. The number of amides is 2. The monoisotopic (exact) mass is 713 g/mol. The van der Waals surface area contributed by atoms with Gasteiger partial charge in [-0.2, -0.15) is 4.31 Å². The van der Waals surface area contributed by atoms with Crippen molar-refractivity contribution in [3.05, 3.63) is 83.0 Å². The number of hydrogen-bond acceptors (Lipinski definition) is 9. The fourth-order valence-electron chi connectivity index (χ4n) is 6.24. The van der Waals surface area contributed by atoms with Crippen LogP contribution in [0.2, 0.25) is 10.0 Å². The largest absolute Gasteiger partial charge is 0.368 e. The van der Waals surface area contributed by atoms with E-state index in [2.05, 4.69) is 20.3 Å². The summed E-state index contributed by atoms with van der Waals surface area (Å²) in [5.41, 5.74) is 1.32. The lowest BCUT2D eigenvalue weighted by Crippen LogP contribution is -2.48. The SMILES string of the molecule is COC(O)CCNC(=O)[C@@H]1CCCN1S(=O)(=O)c1cnc2n1[C@](C)(Cc1ccc(-c3cncnc3)cc1)C(=O)N2c1cc(Cl)cc(Cl)c1. The van der Waals surface area contributed by atoms with Gasteiger partial charge in [-0.1, -0.05) is 47.5 Å². The molecule has 2 amide bonds. The molecule has 2 aliphatic rings. The lowest BCUT2D eigenvalue weighted by molar-refractivity contribution is -0.125. The van der Waals surface area contributed by atoms with Crippen LogP contribution in [0, 0.1) is 0 Å². The predicted octanol–water partition coefficient (Wildman–Crippen LogP) is 3.91. The molecule has 4 aromatic rings. The molecule has 3 atom stereocenters. The summed E-state index contributed by atoms with van der Waals surface area (Å²) in [6, 6.07) is 11.2. The number of rotatable bonds is 11. The summed E-state index contributed by atoms with van der Waals surface area (Å²) in [5.74, 6) is -0.849. The third-order valence-electron chi connectivity index (χ3n) is 8.61. The first kappa shape index (κ1) is 34.0. The Bertz CT molecular complexity index is 1920. The van der Waals surface area contributed by atoms with Crippen LogP contribution in [-0.4, -0.2) is 81.7 Å². The number of methoxy groups -OCH3 is 1. The number of nitrogens with one attached hydrogen (secondary N) is 1. The lowest BCUT2D eigenvalue weighted by atomic mass is 9.91. The third kappa shape index (κ3) is 6.31. The van der Waals surface area contributed by atoms with Crippen molar-refractivity contribution in [3.8, 4) is 11.1 Å². The molecule has 2 N–H and O–H groups in total. The highest BCUT2D eigenvalue weighted by Crippen LogP contribution is 2.45. The maximum Gasteiger partial charge on any atom is 0.261 e. The Kier molecular flexibility index (Phi) is 9.57. The molecule has 2 aromatic carbocycles. The zero-order valence-electron chi connectivity index (χ0n) is 26.1. The highest BCUT2D eigenvalue weighted by molar-refractivity contribution is 7.89. The van der Waals surface area contributed by atoms with Crippen molar-refractivity contribution in [2.24, 2.45) is 0 Å². The Hall–Kier alpha value is -3.92. The summed E-state index contributed by atoms with van der Waals surface area (Å²) >= 11 is 12.6. The third-order valence-corrected chi connectivity index (χ3v) is 10.9. The molecule has 1 unspecified atom stereocenters. The van der Waals surface area contributed by atoms with Crippen LogP contribution in [0.4, 0.5) is 11.6 Å². The van der Waals surface area contributed by atoms with E-state index in [1.807, 2.05) is 24.3 Å². The minimum atomic E-state index is -4.36. The molecular formula is C32H33Cl2N7O6S. The number of nitrogens with zero attached hydrogens (tertiary/aromatic N) is 6. The molecule has 48 heavy (non-hydrogen) atoms. The first-order valence-corrected chi connectivity index (χ1v) is 17.4. The van der Waals surface area contributed by atoms with Gasteiger partial charge in [-0.3, -0.25) is 14.2 Å². The molecule has 0 radical (unpaired) electrons. The van der Waals surface area contributed by atoms with Gasteiger partial charge in [0.05, 0.1) is 11.9 Å². The molecule has 0 bridgehead atoms. The van der Waals surface area contributed by atoms with E-state index in [0.717, 1.165) is 21.0 Å². The van der Waals surface area contributed by atoms with Gasteiger partial charge in [0.25, 0.3) is 15.9 Å². The van der Waals surface area contributed by atoms with Crippen molar-refractivity contribution in [2.45, 2.75) is 55.5 Å². The highest BCUT2D eigenvalue weighted by Gasteiger charge is 2.53. The zero-order valence-corrected chi connectivity index (χ0v) is 28.4. The van der Waals surface area contributed by atoms with Crippen molar-refractivity contribution in [1.82, 2.24) is 29.1 Å². The second kappa shape index (κ2) is 13.5. The van der Waals surface area contributed by atoms with Crippen molar-refractivity contribution in [1.29, 1.82) is 0 Å². The van der Waals surface area contributed by atoms with Crippen LogP contribution in [0.5, 0.6) is 0 Å². The fraction of sp³-hybridized carbons (Fsp3) is 0.344. The number of sulfonamides is 1. The summed E-state index contributed by atoms with van der Waals surface area (Å²) in [6.45, 7) is 1.87. The van der Waals surface area contributed by atoms with Gasteiger partial charge in [0.1, 0.15) is 17.9 Å². The van der Waals surface area contributed by atoms with E-state index in [4.69, 9.17) is 27.9 Å². The van der Waals surface area contributed by atoms with Gasteiger partial charge in [-0.25, -0.2) is 28.3 Å². The number of halogens is 2. The van der Waals surface area contributed by atoms with E-state index >= 15 is 0 Å². The van der Waals surface area contributed by atoms with Gasteiger partial charge in [-0.15, -0.1) is 0 Å². The average molecular weight is 715 g/mol. The van der Waals surface area contributed by atoms with Crippen LogP contribution < -0.4 is 10.2 Å². The molecule has 2 aliphatic heterocycles. The molecule has 2 aromatic heterocycles. The van der Waals surface area contributed by atoms with Crippen LogP contribution in [0.25, 0.3) is 11.1 Å². The topological polar surface area (TPSA) is 160 Å². The van der Waals surface area contributed by atoms with E-state index in [1.54, 1.807) is 31.5 Å². The first-order chi connectivity index (χ1) is 22.9. The molecular weight excluding hydrogens is 681 g/mol. The van der Waals surface area contributed by atoms with Gasteiger partial charge in [0, 0.05) is 61.0 Å². The first-order valence-electron chi connectivity index (χ1n) is 15.2. The fourth-order valence-corrected chi connectivity index (χ4v) is 8.60. The molecule has 0 spiro atoms. The number of aliphatic hydroxyl groups is 1. The van der Waals surface area contributed by atoms with Crippen LogP contribution in [-0.2, 0) is 36.3 Å². The quantitative estimate of drug-likeness (QED) is 0.220. The van der Waals surface area contributed by atoms with Crippen LogP contribution in [0.15, 0.2) is 72.4 Å². The highest BCUT2D eigenvalue weighted by atomic mass is 35.5. The van der Waals surface area contributed by atoms with E-state index in [0.29, 0.717) is 18.5 Å². The molecule has 1 saturated heterocycles. The molecule has 0 aliphatic carbocycles. The van der Waals surface area contributed by atoms with Crippen LogP contribution >= 0.6 is 23.2 Å². The van der Waals surface area contributed by atoms with Gasteiger partial charge in [-0.05, 0) is 49.1 Å². The second-order valence-corrected chi connectivity index (χ2v) is 14.5. The minimum Gasteiger partial charge on any atom is -0.368 e. The molecule has 16 heteroatoms. The summed E-state index contributed by atoms with van der Waals surface area (Å²) < 4.78 is 36.3. The van der Waals surface area contributed by atoms with Gasteiger partial charge in [0.2, 0.25) is 11.9 Å². The Morgan fingerprint density at radius 3 is 2.46 bits per heavy atom. The van der Waals surface area contributed by atoms with Crippen molar-refractivity contribution in [3.63, 3.8) is 0 Å². The maximum atomic E-state index is 14.5. The Balaban J connectivity index is 1.39. The summed E-state index contributed by atoms with van der Waals surface area (Å²) in [7, 11) is -3.01. The number of carbonyl (C=O) groups is 2. The number of imidazole rings is 1. The Morgan fingerprint density at radius 2 is 1.79 bits per heavy atom. The number of carbonyl (C=O) groups excluding carboxylic acids is 2. The van der Waals surface area contributed by atoms with Crippen molar-refractivity contribution >= 4 is 56.7 Å². The number of benzene rings is 2. The maximum absolute atomic E-state index is 14.5. The van der Waals surface area contributed by atoms with E-state index < -0.39 is 39.7 Å². The Morgan fingerprint density at radius 1 is 1.10 bits per heavy atom. The molecule has 4 heterocycles. The number of aliphatic hydroxyl groups excluding tert-OH is 1.